The molecular formula is C8H11F3N2O. The second kappa shape index (κ2) is 3.12. The average Bonchev–Trinajstić information content (AvgIpc) is 2.58. The van der Waals surface area contributed by atoms with Crippen molar-refractivity contribution in [3.05, 3.63) is 0 Å². The number of hydrogen-bond acceptors (Lipinski definition) is 2. The van der Waals surface area contributed by atoms with Gasteiger partial charge in [0.25, 0.3) is 0 Å². The highest BCUT2D eigenvalue weighted by Crippen LogP contribution is 2.28. The van der Waals surface area contributed by atoms with Gasteiger partial charge in [0, 0.05) is 19.1 Å². The lowest BCUT2D eigenvalue weighted by Gasteiger charge is -2.18. The summed E-state index contributed by atoms with van der Waals surface area (Å²) in [6.45, 7) is 1.29. The van der Waals surface area contributed by atoms with Crippen LogP contribution in [0.15, 0.2) is 0 Å². The Kier molecular flexibility index (Phi) is 2.17. The minimum absolute atomic E-state index is 0.0706. The first-order valence-electron chi connectivity index (χ1n) is 4.58. The first kappa shape index (κ1) is 9.76. The molecule has 14 heavy (non-hydrogen) atoms. The van der Waals surface area contributed by atoms with Crippen LogP contribution in [-0.2, 0) is 4.79 Å². The fourth-order valence-corrected chi connectivity index (χ4v) is 2.19. The molecule has 0 bridgehead atoms. The third-order valence-electron chi connectivity index (χ3n) is 2.89. The summed E-state index contributed by atoms with van der Waals surface area (Å²) < 4.78 is 36.2. The molecule has 0 aromatic rings. The molecule has 0 aliphatic carbocycles. The lowest BCUT2D eigenvalue weighted by atomic mass is 10.1. The van der Waals surface area contributed by atoms with Gasteiger partial charge in [-0.25, -0.2) is 0 Å². The van der Waals surface area contributed by atoms with Gasteiger partial charge in [0.15, 0.2) is 0 Å². The van der Waals surface area contributed by atoms with Crippen molar-refractivity contribution in [1.82, 2.24) is 10.2 Å². The number of nitrogens with zero attached hydrogens (tertiary/aromatic N) is 1. The summed E-state index contributed by atoms with van der Waals surface area (Å²) in [5.41, 5.74) is 0. The van der Waals surface area contributed by atoms with Gasteiger partial charge in [0.2, 0.25) is 0 Å². The molecule has 80 valence electrons. The van der Waals surface area contributed by atoms with Gasteiger partial charge in [-0.05, 0) is 18.9 Å². The minimum Gasteiger partial charge on any atom is -0.333 e. The fraction of sp³-hybridized carbons (Fsp3) is 0.875. The molecular weight excluding hydrogens is 197 g/mol. The Bertz CT molecular complexity index is 241. The van der Waals surface area contributed by atoms with Crippen LogP contribution in [-0.4, -0.2) is 42.7 Å². The number of carbonyl (C=O) groups is 1. The number of carbonyl (C=O) groups excluding carboxylic acids is 1. The summed E-state index contributed by atoms with van der Waals surface area (Å²) in [5, 5.41) is 3.09. The van der Waals surface area contributed by atoms with Crippen LogP contribution in [0.3, 0.4) is 0 Å². The Labute approximate surface area is 79.3 Å². The summed E-state index contributed by atoms with van der Waals surface area (Å²) in [6, 6.07) is 0.0706. The topological polar surface area (TPSA) is 32.3 Å². The van der Waals surface area contributed by atoms with Crippen molar-refractivity contribution in [2.75, 3.05) is 19.6 Å². The van der Waals surface area contributed by atoms with Gasteiger partial charge >= 0.3 is 12.1 Å². The zero-order valence-electron chi connectivity index (χ0n) is 7.47. The van der Waals surface area contributed by atoms with Crippen LogP contribution in [0.1, 0.15) is 6.42 Å². The van der Waals surface area contributed by atoms with E-state index >= 15 is 0 Å². The van der Waals surface area contributed by atoms with E-state index in [4.69, 9.17) is 0 Å². The summed E-state index contributed by atoms with van der Waals surface area (Å²) in [5.74, 6) is -1.49. The Balaban J connectivity index is 1.99. The van der Waals surface area contributed by atoms with Gasteiger partial charge < -0.3 is 10.2 Å². The largest absolute Gasteiger partial charge is 0.471 e. The van der Waals surface area contributed by atoms with Crippen molar-refractivity contribution in [1.29, 1.82) is 0 Å². The number of fused-ring (bicyclic) bond motifs is 1. The standard InChI is InChI=1S/C8H11F3N2O/c9-8(10,11)7(14)13-3-5-1-2-12-6(5)4-13/h5-6,12H,1-4H2/t5-,6+/m0/s1. The first-order valence-corrected chi connectivity index (χ1v) is 4.58. The van der Waals surface area contributed by atoms with Crippen molar-refractivity contribution < 1.29 is 18.0 Å². The Morgan fingerprint density at radius 3 is 2.64 bits per heavy atom. The molecule has 0 radical (unpaired) electrons. The number of alkyl halides is 3. The zero-order valence-corrected chi connectivity index (χ0v) is 7.47. The van der Waals surface area contributed by atoms with Gasteiger partial charge in [-0.15, -0.1) is 0 Å². The molecule has 2 heterocycles. The van der Waals surface area contributed by atoms with Crippen LogP contribution in [0.4, 0.5) is 13.2 Å². The lowest BCUT2D eigenvalue weighted by Crippen LogP contribution is -2.41. The molecule has 2 saturated heterocycles. The maximum absolute atomic E-state index is 12.1. The SMILES string of the molecule is O=C(N1C[C@@H]2CCN[C@@H]2C1)C(F)(F)F. The zero-order chi connectivity index (χ0) is 10.3. The molecule has 2 aliphatic rings. The second-order valence-electron chi connectivity index (χ2n) is 3.82. The van der Waals surface area contributed by atoms with Crippen LogP contribution >= 0.6 is 0 Å². The average molecular weight is 208 g/mol. The molecule has 0 unspecified atom stereocenters. The highest BCUT2D eigenvalue weighted by atomic mass is 19.4. The molecule has 0 aromatic carbocycles. The van der Waals surface area contributed by atoms with Gasteiger partial charge in [0.1, 0.15) is 0 Å². The monoisotopic (exact) mass is 208 g/mol. The predicted molar refractivity (Wildman–Crippen MR) is 42.5 cm³/mol. The van der Waals surface area contributed by atoms with E-state index in [9.17, 15) is 18.0 Å². The summed E-state index contributed by atoms with van der Waals surface area (Å²) in [6.07, 6.45) is -3.86. The number of nitrogens with one attached hydrogen (secondary N) is 1. The van der Waals surface area contributed by atoms with E-state index in [1.54, 1.807) is 0 Å². The van der Waals surface area contributed by atoms with E-state index in [-0.39, 0.29) is 25.0 Å². The van der Waals surface area contributed by atoms with Crippen LogP contribution in [0, 0.1) is 5.92 Å². The Morgan fingerprint density at radius 2 is 2.07 bits per heavy atom. The lowest BCUT2D eigenvalue weighted by molar-refractivity contribution is -0.184. The highest BCUT2D eigenvalue weighted by molar-refractivity contribution is 5.82. The highest BCUT2D eigenvalue weighted by Gasteiger charge is 2.47. The third-order valence-corrected chi connectivity index (χ3v) is 2.89. The fourth-order valence-electron chi connectivity index (χ4n) is 2.19. The number of hydrogen-bond donors (Lipinski definition) is 1. The van der Waals surface area contributed by atoms with Gasteiger partial charge in [-0.3, -0.25) is 4.79 Å². The van der Waals surface area contributed by atoms with Crippen molar-refractivity contribution in [2.45, 2.75) is 18.6 Å². The normalized spacial score (nSPS) is 32.1. The molecule has 3 nitrogen and oxygen atoms in total. The van der Waals surface area contributed by atoms with Crippen molar-refractivity contribution in [3.8, 4) is 0 Å². The molecule has 1 N–H and O–H groups in total. The van der Waals surface area contributed by atoms with Gasteiger partial charge in [-0.2, -0.15) is 13.2 Å². The van der Waals surface area contributed by atoms with E-state index < -0.39 is 12.1 Å². The molecule has 0 aromatic heterocycles. The van der Waals surface area contributed by atoms with Crippen molar-refractivity contribution >= 4 is 5.91 Å². The molecule has 6 heteroatoms. The minimum atomic E-state index is -4.72. The molecule has 0 spiro atoms. The quantitative estimate of drug-likeness (QED) is 0.623. The van der Waals surface area contributed by atoms with Crippen LogP contribution in [0.2, 0.25) is 0 Å². The maximum atomic E-state index is 12.1. The summed E-state index contributed by atoms with van der Waals surface area (Å²) >= 11 is 0. The summed E-state index contributed by atoms with van der Waals surface area (Å²) in [7, 11) is 0. The van der Waals surface area contributed by atoms with Crippen LogP contribution < -0.4 is 5.32 Å². The Morgan fingerprint density at radius 1 is 1.36 bits per heavy atom. The second-order valence-corrected chi connectivity index (χ2v) is 3.82. The van der Waals surface area contributed by atoms with Gasteiger partial charge in [0.05, 0.1) is 0 Å². The van der Waals surface area contributed by atoms with Crippen molar-refractivity contribution in [2.24, 2.45) is 5.92 Å². The first-order chi connectivity index (χ1) is 6.48. The van der Waals surface area contributed by atoms with Crippen LogP contribution in [0.25, 0.3) is 0 Å². The molecule has 1 amide bonds. The summed E-state index contributed by atoms with van der Waals surface area (Å²) in [4.78, 5) is 11.8. The third kappa shape index (κ3) is 1.58. The van der Waals surface area contributed by atoms with E-state index in [0.29, 0.717) is 0 Å². The van der Waals surface area contributed by atoms with E-state index in [0.717, 1.165) is 17.9 Å². The van der Waals surface area contributed by atoms with E-state index in [2.05, 4.69) is 5.32 Å². The van der Waals surface area contributed by atoms with Crippen molar-refractivity contribution in [3.63, 3.8) is 0 Å². The number of likely N-dealkylation sites (tertiary alicyclic amines) is 1. The molecule has 0 saturated carbocycles. The van der Waals surface area contributed by atoms with E-state index in [1.807, 2.05) is 0 Å². The predicted octanol–water partition coefficient (Wildman–Crippen LogP) is 0.369. The molecule has 2 rings (SSSR count). The maximum Gasteiger partial charge on any atom is 0.471 e. The molecule has 2 atom stereocenters. The van der Waals surface area contributed by atoms with Crippen LogP contribution in [0.5, 0.6) is 0 Å². The Hall–Kier alpha value is -0.780. The number of halogens is 3. The molecule has 2 fully saturated rings. The number of rotatable bonds is 0. The van der Waals surface area contributed by atoms with E-state index in [1.165, 1.54) is 0 Å². The number of amides is 1. The van der Waals surface area contributed by atoms with Gasteiger partial charge in [-0.1, -0.05) is 0 Å². The smallest absolute Gasteiger partial charge is 0.333 e. The molecule has 2 aliphatic heterocycles.